The average Bonchev–Trinajstić information content (AvgIpc) is 2.99. The fraction of sp³-hybridized carbons (Fsp3) is 0.111. The average molecular weight is 307 g/mol. The van der Waals surface area contributed by atoms with Gasteiger partial charge >= 0.3 is 0 Å². The van der Waals surface area contributed by atoms with Gasteiger partial charge in [0.2, 0.25) is 5.91 Å². The number of amides is 1. The van der Waals surface area contributed by atoms with Crippen LogP contribution in [0.4, 0.5) is 5.69 Å². The van der Waals surface area contributed by atoms with Gasteiger partial charge in [0.1, 0.15) is 5.69 Å². The third kappa shape index (κ3) is 3.58. The summed E-state index contributed by atoms with van der Waals surface area (Å²) in [7, 11) is 0. The number of aromatic nitrogens is 2. The molecule has 0 saturated carbocycles. The van der Waals surface area contributed by atoms with E-state index in [1.807, 2.05) is 60.7 Å². The van der Waals surface area contributed by atoms with Crippen molar-refractivity contribution in [1.82, 2.24) is 10.2 Å². The van der Waals surface area contributed by atoms with Gasteiger partial charge < -0.3 is 10.4 Å². The molecule has 0 unspecified atom stereocenters. The van der Waals surface area contributed by atoms with Gasteiger partial charge in [-0.25, -0.2) is 0 Å². The smallest absolute Gasteiger partial charge is 0.287 e. The van der Waals surface area contributed by atoms with E-state index in [4.69, 9.17) is 0 Å². The molecule has 2 aromatic carbocycles. The van der Waals surface area contributed by atoms with Crippen molar-refractivity contribution in [3.05, 3.63) is 88.3 Å². The van der Waals surface area contributed by atoms with Crippen LogP contribution in [0.5, 0.6) is 0 Å². The topological polar surface area (TPSA) is 77.8 Å². The molecule has 1 aromatic heterocycles. The van der Waals surface area contributed by atoms with Crippen LogP contribution in [-0.4, -0.2) is 16.1 Å². The minimum atomic E-state index is -0.339. The summed E-state index contributed by atoms with van der Waals surface area (Å²) in [4.78, 5) is 23.8. The second-order valence-electron chi connectivity index (χ2n) is 5.28. The monoisotopic (exact) mass is 307 g/mol. The minimum absolute atomic E-state index is 0.0598. The molecular formula is C18H17N3O2. The molecule has 3 N–H and O–H groups in total. The largest absolute Gasteiger partial charge is 0.320 e. The van der Waals surface area contributed by atoms with Crippen molar-refractivity contribution in [2.45, 2.75) is 12.3 Å². The van der Waals surface area contributed by atoms with Crippen LogP contribution in [-0.2, 0) is 4.79 Å². The van der Waals surface area contributed by atoms with Crippen LogP contribution in [0, 0.1) is 0 Å². The zero-order valence-corrected chi connectivity index (χ0v) is 12.5. The van der Waals surface area contributed by atoms with E-state index in [0.717, 1.165) is 11.1 Å². The molecule has 5 heteroatoms. The Bertz CT molecular complexity index is 782. The van der Waals surface area contributed by atoms with Crippen LogP contribution in [0.25, 0.3) is 0 Å². The lowest BCUT2D eigenvalue weighted by Crippen LogP contribution is -2.19. The second-order valence-corrected chi connectivity index (χ2v) is 5.28. The van der Waals surface area contributed by atoms with Crippen molar-refractivity contribution >= 4 is 11.6 Å². The van der Waals surface area contributed by atoms with E-state index in [9.17, 15) is 9.59 Å². The second kappa shape index (κ2) is 6.79. The first-order chi connectivity index (χ1) is 11.2. The quantitative estimate of drug-likeness (QED) is 0.678. The lowest BCUT2D eigenvalue weighted by molar-refractivity contribution is -0.116. The van der Waals surface area contributed by atoms with Gasteiger partial charge in [0.15, 0.2) is 0 Å². The summed E-state index contributed by atoms with van der Waals surface area (Å²) < 4.78 is 0. The maximum absolute atomic E-state index is 12.3. The molecule has 0 aliphatic carbocycles. The Morgan fingerprint density at radius 2 is 1.52 bits per heavy atom. The number of rotatable bonds is 5. The number of benzene rings is 2. The first-order valence-corrected chi connectivity index (χ1v) is 7.40. The molecule has 0 aliphatic heterocycles. The van der Waals surface area contributed by atoms with Crippen molar-refractivity contribution < 1.29 is 4.79 Å². The molecule has 116 valence electrons. The molecular weight excluding hydrogens is 290 g/mol. The Morgan fingerprint density at radius 3 is 2.00 bits per heavy atom. The van der Waals surface area contributed by atoms with Crippen molar-refractivity contribution in [2.75, 3.05) is 5.32 Å². The third-order valence-electron chi connectivity index (χ3n) is 3.71. The fourth-order valence-corrected chi connectivity index (χ4v) is 2.59. The van der Waals surface area contributed by atoms with Crippen LogP contribution >= 0.6 is 0 Å². The highest BCUT2D eigenvalue weighted by molar-refractivity contribution is 5.91. The van der Waals surface area contributed by atoms with Gasteiger partial charge in [-0.15, -0.1) is 0 Å². The number of aromatic amines is 2. The summed E-state index contributed by atoms with van der Waals surface area (Å²) in [5, 5.41) is 7.61. The van der Waals surface area contributed by atoms with Gasteiger partial charge in [0.25, 0.3) is 5.56 Å². The fourth-order valence-electron chi connectivity index (χ4n) is 2.59. The highest BCUT2D eigenvalue weighted by atomic mass is 16.2. The van der Waals surface area contributed by atoms with Gasteiger partial charge in [-0.2, -0.15) is 0 Å². The zero-order chi connectivity index (χ0) is 16.1. The first-order valence-electron chi connectivity index (χ1n) is 7.40. The Kier molecular flexibility index (Phi) is 4.38. The van der Waals surface area contributed by atoms with Gasteiger partial charge in [0, 0.05) is 18.5 Å². The number of nitrogens with one attached hydrogen (secondary N) is 3. The Hall–Kier alpha value is -3.08. The third-order valence-corrected chi connectivity index (χ3v) is 3.71. The molecule has 23 heavy (non-hydrogen) atoms. The number of H-pyrrole nitrogens is 2. The molecule has 1 heterocycles. The van der Waals surface area contributed by atoms with E-state index in [1.54, 1.807) is 0 Å². The van der Waals surface area contributed by atoms with Crippen molar-refractivity contribution in [3.8, 4) is 0 Å². The van der Waals surface area contributed by atoms with E-state index in [0.29, 0.717) is 0 Å². The normalized spacial score (nSPS) is 10.7. The predicted octanol–water partition coefficient (Wildman–Crippen LogP) is 2.86. The van der Waals surface area contributed by atoms with E-state index in [2.05, 4.69) is 15.5 Å². The molecule has 0 saturated heterocycles. The molecule has 0 aliphatic rings. The van der Waals surface area contributed by atoms with Crippen molar-refractivity contribution in [3.63, 3.8) is 0 Å². The molecule has 0 spiro atoms. The molecule has 0 fully saturated rings. The summed E-state index contributed by atoms with van der Waals surface area (Å²) in [6.45, 7) is 0. The lowest BCUT2D eigenvalue weighted by atomic mass is 9.88. The zero-order valence-electron chi connectivity index (χ0n) is 12.5. The SMILES string of the molecule is O=C(CC(c1ccccc1)c1ccccc1)Nc1c[nH][nH]c1=O. The highest BCUT2D eigenvalue weighted by Crippen LogP contribution is 2.28. The summed E-state index contributed by atoms with van der Waals surface area (Å²) in [6, 6.07) is 19.8. The van der Waals surface area contributed by atoms with E-state index in [1.165, 1.54) is 6.20 Å². The molecule has 0 radical (unpaired) electrons. The maximum atomic E-state index is 12.3. The molecule has 0 atom stereocenters. The standard InChI is InChI=1S/C18H17N3O2/c22-17(20-16-12-19-21-18(16)23)11-15(13-7-3-1-4-8-13)14-9-5-2-6-10-14/h1-10,12,15H,11H2,(H,20,22)(H2,19,21,23). The van der Waals surface area contributed by atoms with E-state index in [-0.39, 0.29) is 29.5 Å². The lowest BCUT2D eigenvalue weighted by Gasteiger charge is -2.17. The molecule has 3 aromatic rings. The Labute approximate surface area is 133 Å². The van der Waals surface area contributed by atoms with Crippen LogP contribution in [0.3, 0.4) is 0 Å². The highest BCUT2D eigenvalue weighted by Gasteiger charge is 2.18. The van der Waals surface area contributed by atoms with E-state index < -0.39 is 0 Å². The number of carbonyl (C=O) groups is 1. The van der Waals surface area contributed by atoms with Gasteiger partial charge in [0.05, 0.1) is 0 Å². The molecule has 0 bridgehead atoms. The van der Waals surface area contributed by atoms with Gasteiger partial charge in [-0.3, -0.25) is 14.7 Å². The summed E-state index contributed by atoms with van der Waals surface area (Å²) in [5.41, 5.74) is 2.03. The summed E-state index contributed by atoms with van der Waals surface area (Å²) >= 11 is 0. The maximum Gasteiger partial charge on any atom is 0.287 e. The number of hydrogen-bond donors (Lipinski definition) is 3. The van der Waals surface area contributed by atoms with Crippen LogP contribution in [0.2, 0.25) is 0 Å². The van der Waals surface area contributed by atoms with Gasteiger partial charge in [-0.1, -0.05) is 60.7 Å². The number of hydrogen-bond acceptors (Lipinski definition) is 2. The summed E-state index contributed by atoms with van der Waals surface area (Å²) in [5.74, 6) is -0.261. The van der Waals surface area contributed by atoms with Crippen LogP contribution in [0.1, 0.15) is 23.5 Å². The van der Waals surface area contributed by atoms with Crippen LogP contribution < -0.4 is 10.9 Å². The first kappa shape index (κ1) is 14.8. The molecule has 3 rings (SSSR count). The predicted molar refractivity (Wildman–Crippen MR) is 89.4 cm³/mol. The van der Waals surface area contributed by atoms with Crippen molar-refractivity contribution in [1.29, 1.82) is 0 Å². The van der Waals surface area contributed by atoms with Crippen molar-refractivity contribution in [2.24, 2.45) is 0 Å². The Balaban J connectivity index is 1.83. The van der Waals surface area contributed by atoms with Gasteiger partial charge in [-0.05, 0) is 11.1 Å². The number of anilines is 1. The van der Waals surface area contributed by atoms with E-state index >= 15 is 0 Å². The minimum Gasteiger partial charge on any atom is -0.320 e. The molecule has 5 nitrogen and oxygen atoms in total. The van der Waals surface area contributed by atoms with Crippen LogP contribution in [0.15, 0.2) is 71.7 Å². The Morgan fingerprint density at radius 1 is 0.957 bits per heavy atom. The number of carbonyl (C=O) groups excluding carboxylic acids is 1. The summed E-state index contributed by atoms with van der Waals surface area (Å²) in [6.07, 6.45) is 1.71. The molecule has 1 amide bonds.